The van der Waals surface area contributed by atoms with Crippen molar-refractivity contribution in [1.82, 2.24) is 15.0 Å². The molecular weight excluding hydrogens is 271 g/mol. The molecule has 2 rings (SSSR count). The molecule has 0 saturated heterocycles. The number of H-pyrrole nitrogens is 1. The van der Waals surface area contributed by atoms with Gasteiger partial charge in [0.25, 0.3) is 0 Å². The number of thiazole rings is 1. The minimum atomic E-state index is -4.41. The van der Waals surface area contributed by atoms with Gasteiger partial charge in [0.1, 0.15) is 10.5 Å². The molecule has 8 heteroatoms. The first-order valence-electron chi connectivity index (χ1n) is 4.47. The molecule has 2 aromatic heterocycles. The van der Waals surface area contributed by atoms with Crippen molar-refractivity contribution in [3.63, 3.8) is 0 Å². The number of hydrogen-bond donors (Lipinski definition) is 1. The number of aromatic nitrogens is 3. The van der Waals surface area contributed by atoms with Crippen LogP contribution in [0.3, 0.4) is 0 Å². The van der Waals surface area contributed by atoms with Gasteiger partial charge in [-0.05, 0) is 13.0 Å². The predicted octanol–water partition coefficient (Wildman–Crippen LogP) is 3.59. The first-order chi connectivity index (χ1) is 7.86. The summed E-state index contributed by atoms with van der Waals surface area (Å²) < 4.78 is 37.5. The highest BCUT2D eigenvalue weighted by Gasteiger charge is 2.34. The monoisotopic (exact) mass is 277 g/mol. The summed E-state index contributed by atoms with van der Waals surface area (Å²) in [7, 11) is 0. The molecule has 90 valence electrons. The highest BCUT2D eigenvalue weighted by molar-refractivity contribution is 7.71. The fourth-order valence-corrected chi connectivity index (χ4v) is 2.25. The minimum Gasteiger partial charge on any atom is -0.343 e. The van der Waals surface area contributed by atoms with Crippen LogP contribution >= 0.6 is 23.6 Å². The molecule has 0 radical (unpaired) electrons. The van der Waals surface area contributed by atoms with Gasteiger partial charge in [-0.2, -0.15) is 13.2 Å². The average molecular weight is 277 g/mol. The quantitative estimate of drug-likeness (QED) is 0.810. The maximum atomic E-state index is 12.4. The molecule has 0 spiro atoms. The molecule has 2 heterocycles. The molecule has 0 aromatic carbocycles. The topological polar surface area (TPSA) is 41.6 Å². The molecule has 0 saturated carbocycles. The van der Waals surface area contributed by atoms with E-state index in [1.165, 1.54) is 12.3 Å². The van der Waals surface area contributed by atoms with E-state index in [4.69, 9.17) is 12.2 Å². The van der Waals surface area contributed by atoms with Crippen molar-refractivity contribution < 1.29 is 13.2 Å². The number of aryl methyl sites for hydroxylation is 1. The highest BCUT2D eigenvalue weighted by atomic mass is 32.1. The van der Waals surface area contributed by atoms with Crippen LogP contribution in [-0.4, -0.2) is 15.0 Å². The molecule has 3 nitrogen and oxygen atoms in total. The summed E-state index contributed by atoms with van der Waals surface area (Å²) >= 11 is 5.47. The van der Waals surface area contributed by atoms with Gasteiger partial charge in [-0.15, -0.1) is 11.3 Å². The zero-order chi connectivity index (χ0) is 12.6. The summed E-state index contributed by atoms with van der Waals surface area (Å²) in [6.07, 6.45) is -3.24. The Morgan fingerprint density at radius 1 is 1.41 bits per heavy atom. The Kier molecular flexibility index (Phi) is 3.00. The Balaban J connectivity index is 2.47. The van der Waals surface area contributed by atoms with Gasteiger partial charge < -0.3 is 4.98 Å². The van der Waals surface area contributed by atoms with Crippen LogP contribution in [0, 0.1) is 11.6 Å². The molecule has 0 aliphatic carbocycles. The molecule has 0 fully saturated rings. The second kappa shape index (κ2) is 4.19. The van der Waals surface area contributed by atoms with Crippen molar-refractivity contribution in [2.75, 3.05) is 0 Å². The van der Waals surface area contributed by atoms with Crippen LogP contribution in [-0.2, 0) is 6.18 Å². The van der Waals surface area contributed by atoms with Gasteiger partial charge in [-0.3, -0.25) is 0 Å². The molecule has 17 heavy (non-hydrogen) atoms. The normalized spacial score (nSPS) is 11.8. The lowest BCUT2D eigenvalue weighted by molar-refractivity contribution is -0.137. The van der Waals surface area contributed by atoms with Gasteiger partial charge in [-0.25, -0.2) is 9.97 Å². The van der Waals surface area contributed by atoms with Gasteiger partial charge in [0.2, 0.25) is 0 Å². The van der Waals surface area contributed by atoms with Crippen molar-refractivity contribution in [3.05, 3.63) is 27.7 Å². The molecule has 2 aromatic rings. The van der Waals surface area contributed by atoms with Gasteiger partial charge in [-0.1, -0.05) is 12.2 Å². The first-order valence-corrected chi connectivity index (χ1v) is 5.70. The van der Waals surface area contributed by atoms with Crippen LogP contribution in [0.4, 0.5) is 13.2 Å². The average Bonchev–Trinajstić information content (AvgIpc) is 2.63. The van der Waals surface area contributed by atoms with Crippen LogP contribution in [0.25, 0.3) is 10.6 Å². The van der Waals surface area contributed by atoms with E-state index >= 15 is 0 Å². The van der Waals surface area contributed by atoms with Crippen LogP contribution in [0.2, 0.25) is 0 Å². The SMILES string of the molecule is Cc1nc(=S)cc(-c2cnc(C(F)(F)F)s2)[nH]1. The number of alkyl halides is 3. The van der Waals surface area contributed by atoms with E-state index in [1.807, 2.05) is 0 Å². The van der Waals surface area contributed by atoms with Crippen LogP contribution in [0.5, 0.6) is 0 Å². The van der Waals surface area contributed by atoms with E-state index in [0.29, 0.717) is 32.4 Å². The van der Waals surface area contributed by atoms with E-state index in [9.17, 15) is 13.2 Å². The Hall–Kier alpha value is -1.28. The lowest BCUT2D eigenvalue weighted by atomic mass is 10.3. The van der Waals surface area contributed by atoms with Crippen LogP contribution < -0.4 is 0 Å². The van der Waals surface area contributed by atoms with Gasteiger partial charge >= 0.3 is 6.18 Å². The fourth-order valence-electron chi connectivity index (χ4n) is 1.24. The molecule has 0 aliphatic heterocycles. The number of hydrogen-bond acceptors (Lipinski definition) is 4. The van der Waals surface area contributed by atoms with Crippen molar-refractivity contribution >= 4 is 23.6 Å². The summed E-state index contributed by atoms with van der Waals surface area (Å²) in [4.78, 5) is 10.5. The Labute approximate surface area is 103 Å². The van der Waals surface area contributed by atoms with Crippen LogP contribution in [0.1, 0.15) is 10.8 Å². The summed E-state index contributed by atoms with van der Waals surface area (Å²) in [6.45, 7) is 1.69. The smallest absolute Gasteiger partial charge is 0.343 e. The molecule has 0 unspecified atom stereocenters. The van der Waals surface area contributed by atoms with Crippen molar-refractivity contribution in [2.24, 2.45) is 0 Å². The first kappa shape index (κ1) is 12.2. The van der Waals surface area contributed by atoms with Gasteiger partial charge in [0.15, 0.2) is 5.01 Å². The second-order valence-corrected chi connectivity index (χ2v) is 4.69. The lowest BCUT2D eigenvalue weighted by Gasteiger charge is -2.00. The second-order valence-electron chi connectivity index (χ2n) is 3.25. The van der Waals surface area contributed by atoms with Crippen molar-refractivity contribution in [3.8, 4) is 10.6 Å². The molecule has 1 N–H and O–H groups in total. The maximum absolute atomic E-state index is 12.4. The molecular formula is C9H6F3N3S2. The Bertz CT molecular complexity index is 600. The number of aromatic amines is 1. The largest absolute Gasteiger partial charge is 0.443 e. The van der Waals surface area contributed by atoms with Gasteiger partial charge in [0, 0.05) is 6.20 Å². The number of halogens is 3. The lowest BCUT2D eigenvalue weighted by Crippen LogP contribution is -2.02. The van der Waals surface area contributed by atoms with Crippen LogP contribution in [0.15, 0.2) is 12.3 Å². The number of nitrogens with zero attached hydrogens (tertiary/aromatic N) is 2. The van der Waals surface area contributed by atoms with Gasteiger partial charge in [0.05, 0.1) is 10.6 Å². The summed E-state index contributed by atoms with van der Waals surface area (Å²) in [6, 6.07) is 1.51. The third-order valence-electron chi connectivity index (χ3n) is 1.87. The van der Waals surface area contributed by atoms with E-state index in [0.717, 1.165) is 0 Å². The highest BCUT2D eigenvalue weighted by Crippen LogP contribution is 2.35. The Morgan fingerprint density at radius 2 is 2.12 bits per heavy atom. The fraction of sp³-hybridized carbons (Fsp3) is 0.222. The van der Waals surface area contributed by atoms with E-state index in [1.54, 1.807) is 6.92 Å². The number of nitrogens with one attached hydrogen (secondary N) is 1. The standard InChI is InChI=1S/C9H6F3N3S2/c1-4-14-5(2-7(16)15-4)6-3-13-8(17-6)9(10,11)12/h2-3H,1H3,(H,14,15,16). The zero-order valence-electron chi connectivity index (χ0n) is 8.50. The van der Waals surface area contributed by atoms with E-state index in [-0.39, 0.29) is 0 Å². The summed E-state index contributed by atoms with van der Waals surface area (Å²) in [5.41, 5.74) is 0.496. The molecule has 0 bridgehead atoms. The van der Waals surface area contributed by atoms with E-state index in [2.05, 4.69) is 15.0 Å². The molecule has 0 aliphatic rings. The third-order valence-corrected chi connectivity index (χ3v) is 3.16. The summed E-state index contributed by atoms with van der Waals surface area (Å²) in [5, 5.41) is -0.874. The number of rotatable bonds is 1. The molecule has 0 amide bonds. The zero-order valence-corrected chi connectivity index (χ0v) is 10.1. The summed E-state index contributed by atoms with van der Waals surface area (Å²) in [5.74, 6) is 0.550. The third kappa shape index (κ3) is 2.70. The predicted molar refractivity (Wildman–Crippen MR) is 60.3 cm³/mol. The minimum absolute atomic E-state index is 0.332. The van der Waals surface area contributed by atoms with Crippen molar-refractivity contribution in [2.45, 2.75) is 13.1 Å². The maximum Gasteiger partial charge on any atom is 0.443 e. The Morgan fingerprint density at radius 3 is 2.65 bits per heavy atom. The van der Waals surface area contributed by atoms with E-state index < -0.39 is 11.2 Å². The molecule has 0 atom stereocenters. The van der Waals surface area contributed by atoms with Crippen molar-refractivity contribution in [1.29, 1.82) is 0 Å².